The van der Waals surface area contributed by atoms with Gasteiger partial charge in [-0.3, -0.25) is 9.59 Å². The van der Waals surface area contributed by atoms with Gasteiger partial charge in [0, 0.05) is 0 Å². The lowest BCUT2D eigenvalue weighted by atomic mass is 9.90. The largest absolute Gasteiger partial charge is 0.290 e. The average molecular weight is 266 g/mol. The second-order valence-electron chi connectivity index (χ2n) is 5.19. The summed E-state index contributed by atoms with van der Waals surface area (Å²) in [7, 11) is 0. The van der Waals surface area contributed by atoms with Gasteiger partial charge in [-0.1, -0.05) is 50.3 Å². The minimum atomic E-state index is 0.0344. The van der Waals surface area contributed by atoms with Crippen molar-refractivity contribution in [3.8, 4) is 0 Å². The first-order valence-corrected chi connectivity index (χ1v) is 6.78. The van der Waals surface area contributed by atoms with Crippen LogP contribution in [0.2, 0.25) is 0 Å². The van der Waals surface area contributed by atoms with E-state index in [4.69, 9.17) is 0 Å². The molecule has 0 N–H and O–H groups in total. The molecule has 0 bridgehead atoms. The van der Waals surface area contributed by atoms with Gasteiger partial charge < -0.3 is 0 Å². The van der Waals surface area contributed by atoms with Crippen LogP contribution in [0, 0.1) is 11.8 Å². The van der Waals surface area contributed by atoms with E-state index in [1.54, 1.807) is 24.3 Å². The van der Waals surface area contributed by atoms with Gasteiger partial charge in [0.2, 0.25) is 0 Å². The van der Waals surface area contributed by atoms with Gasteiger partial charge in [0.1, 0.15) is 0 Å². The summed E-state index contributed by atoms with van der Waals surface area (Å²) in [5.74, 6) is 0.762. The summed E-state index contributed by atoms with van der Waals surface area (Å²) in [5, 5.41) is 0. The van der Waals surface area contributed by atoms with Gasteiger partial charge in [-0.2, -0.15) is 0 Å². The fourth-order valence-electron chi connectivity index (χ4n) is 2.07. The fourth-order valence-corrected chi connectivity index (χ4v) is 2.07. The molecule has 0 saturated carbocycles. The molecule has 2 rings (SSSR count). The predicted molar refractivity (Wildman–Crippen MR) is 81.1 cm³/mol. The Morgan fingerprint density at radius 2 is 0.950 bits per heavy atom. The van der Waals surface area contributed by atoms with Crippen LogP contribution in [0.4, 0.5) is 0 Å². The molecular weight excluding hydrogens is 248 g/mol. The van der Waals surface area contributed by atoms with E-state index in [1.807, 2.05) is 24.3 Å². The highest BCUT2D eigenvalue weighted by atomic mass is 16.1. The molecule has 0 aromatic heterocycles. The standard InChI is InChI=1S/C18H18O2/c1-13(11-15-3-7-17(19)8-4-15)14(2)12-16-5-9-18(20)10-6-16/h3-14H,1-2H3. The van der Waals surface area contributed by atoms with Crippen LogP contribution in [0.25, 0.3) is 0 Å². The van der Waals surface area contributed by atoms with Crippen LogP contribution in [-0.4, -0.2) is 11.6 Å². The Kier molecular flexibility index (Phi) is 4.46. The summed E-state index contributed by atoms with van der Waals surface area (Å²) in [6.07, 6.45) is 18.0. The number of ketones is 2. The van der Waals surface area contributed by atoms with Crippen LogP contribution in [-0.2, 0) is 9.59 Å². The first-order valence-electron chi connectivity index (χ1n) is 6.78. The van der Waals surface area contributed by atoms with E-state index >= 15 is 0 Å². The fraction of sp³-hybridized carbons (Fsp3) is 0.222. The average Bonchev–Trinajstić information content (AvgIpc) is 2.44. The summed E-state index contributed by atoms with van der Waals surface area (Å²) < 4.78 is 0. The molecule has 2 nitrogen and oxygen atoms in total. The van der Waals surface area contributed by atoms with Crippen molar-refractivity contribution in [1.29, 1.82) is 0 Å². The molecular formula is C18H18O2. The molecule has 0 aromatic rings. The second kappa shape index (κ2) is 6.29. The molecule has 102 valence electrons. The van der Waals surface area contributed by atoms with E-state index in [9.17, 15) is 9.59 Å². The van der Waals surface area contributed by atoms with Crippen LogP contribution in [0.1, 0.15) is 13.8 Å². The number of hydrogen-bond donors (Lipinski definition) is 0. The van der Waals surface area contributed by atoms with Gasteiger partial charge in [-0.05, 0) is 47.3 Å². The Bertz CT molecular complexity index is 505. The first kappa shape index (κ1) is 14.2. The van der Waals surface area contributed by atoms with Gasteiger partial charge >= 0.3 is 0 Å². The number of hydrogen-bond acceptors (Lipinski definition) is 2. The molecule has 0 aliphatic heterocycles. The Morgan fingerprint density at radius 1 is 0.650 bits per heavy atom. The monoisotopic (exact) mass is 266 g/mol. The van der Waals surface area contributed by atoms with Crippen molar-refractivity contribution in [2.75, 3.05) is 0 Å². The zero-order valence-electron chi connectivity index (χ0n) is 11.7. The molecule has 2 aliphatic rings. The van der Waals surface area contributed by atoms with Crippen LogP contribution in [0.3, 0.4) is 0 Å². The van der Waals surface area contributed by atoms with E-state index in [0.29, 0.717) is 11.8 Å². The summed E-state index contributed by atoms with van der Waals surface area (Å²) in [6, 6.07) is 0. The van der Waals surface area contributed by atoms with Crippen LogP contribution < -0.4 is 0 Å². The smallest absolute Gasteiger partial charge is 0.178 e. The maximum Gasteiger partial charge on any atom is 0.178 e. The summed E-state index contributed by atoms with van der Waals surface area (Å²) >= 11 is 0. The third-order valence-corrected chi connectivity index (χ3v) is 3.50. The van der Waals surface area contributed by atoms with Crippen molar-refractivity contribution in [3.63, 3.8) is 0 Å². The van der Waals surface area contributed by atoms with Gasteiger partial charge in [-0.15, -0.1) is 0 Å². The van der Waals surface area contributed by atoms with Gasteiger partial charge in [0.25, 0.3) is 0 Å². The van der Waals surface area contributed by atoms with E-state index in [2.05, 4.69) is 26.0 Å². The van der Waals surface area contributed by atoms with Crippen molar-refractivity contribution in [1.82, 2.24) is 0 Å². The van der Waals surface area contributed by atoms with Crippen LogP contribution >= 0.6 is 0 Å². The highest BCUT2D eigenvalue weighted by molar-refractivity contribution is 6.01. The van der Waals surface area contributed by atoms with E-state index in [1.165, 1.54) is 0 Å². The highest BCUT2D eigenvalue weighted by Gasteiger charge is 2.10. The Hall–Kier alpha value is -2.22. The molecule has 2 heteroatoms. The summed E-state index contributed by atoms with van der Waals surface area (Å²) in [6.45, 7) is 4.29. The molecule has 0 heterocycles. The first-order chi connectivity index (χ1) is 9.54. The third kappa shape index (κ3) is 3.89. The Morgan fingerprint density at radius 3 is 1.25 bits per heavy atom. The van der Waals surface area contributed by atoms with E-state index < -0.39 is 0 Å². The molecule has 0 aromatic carbocycles. The van der Waals surface area contributed by atoms with Crippen molar-refractivity contribution in [2.24, 2.45) is 11.8 Å². The maximum atomic E-state index is 11.1. The number of carbonyl (C=O) groups is 2. The lowest BCUT2D eigenvalue weighted by molar-refractivity contribution is -0.111. The zero-order valence-corrected chi connectivity index (χ0v) is 11.7. The summed E-state index contributed by atoms with van der Waals surface area (Å²) in [5.41, 5.74) is 2.12. The molecule has 2 unspecified atom stereocenters. The lowest BCUT2D eigenvalue weighted by Crippen LogP contribution is -2.05. The minimum absolute atomic E-state index is 0.0344. The SMILES string of the molecule is CC(C=C1C=CC(=O)C=C1)C(C)C=C1C=CC(=O)C=C1. The van der Waals surface area contributed by atoms with Crippen LogP contribution in [0.15, 0.2) is 71.9 Å². The second-order valence-corrected chi connectivity index (χ2v) is 5.19. The quantitative estimate of drug-likeness (QED) is 0.783. The molecule has 2 aliphatic carbocycles. The predicted octanol–water partition coefficient (Wildman–Crippen LogP) is 3.50. The van der Waals surface area contributed by atoms with Crippen molar-refractivity contribution in [3.05, 3.63) is 71.9 Å². The summed E-state index contributed by atoms with van der Waals surface area (Å²) in [4.78, 5) is 22.1. The van der Waals surface area contributed by atoms with Crippen molar-refractivity contribution < 1.29 is 9.59 Å². The number of rotatable bonds is 3. The van der Waals surface area contributed by atoms with Crippen molar-refractivity contribution in [2.45, 2.75) is 13.8 Å². The Balaban J connectivity index is 2.04. The maximum absolute atomic E-state index is 11.1. The topological polar surface area (TPSA) is 34.1 Å². The molecule has 2 atom stereocenters. The van der Waals surface area contributed by atoms with E-state index in [-0.39, 0.29) is 11.6 Å². The lowest BCUT2D eigenvalue weighted by Gasteiger charge is -2.15. The molecule has 0 fully saturated rings. The molecule has 0 spiro atoms. The zero-order chi connectivity index (χ0) is 14.5. The number of carbonyl (C=O) groups excluding carboxylic acids is 2. The molecule has 0 saturated heterocycles. The number of allylic oxidation sites excluding steroid dienone is 12. The van der Waals surface area contributed by atoms with Gasteiger partial charge in [0.15, 0.2) is 11.6 Å². The van der Waals surface area contributed by atoms with Crippen molar-refractivity contribution >= 4 is 11.6 Å². The minimum Gasteiger partial charge on any atom is -0.290 e. The molecule has 0 radical (unpaired) electrons. The van der Waals surface area contributed by atoms with Gasteiger partial charge in [-0.25, -0.2) is 0 Å². The normalized spacial score (nSPS) is 20.3. The Labute approximate surface area is 119 Å². The van der Waals surface area contributed by atoms with E-state index in [0.717, 1.165) is 11.1 Å². The van der Waals surface area contributed by atoms with Gasteiger partial charge in [0.05, 0.1) is 0 Å². The molecule has 20 heavy (non-hydrogen) atoms. The molecule has 0 amide bonds. The highest BCUT2D eigenvalue weighted by Crippen LogP contribution is 2.21. The third-order valence-electron chi connectivity index (χ3n) is 3.50. The van der Waals surface area contributed by atoms with Crippen LogP contribution in [0.5, 0.6) is 0 Å².